The van der Waals surface area contributed by atoms with E-state index in [1.165, 1.54) is 0 Å². The summed E-state index contributed by atoms with van der Waals surface area (Å²) in [5, 5.41) is 0. The normalized spacial score (nSPS) is 21.1. The van der Waals surface area contributed by atoms with Gasteiger partial charge in [-0.1, -0.05) is 0 Å². The summed E-state index contributed by atoms with van der Waals surface area (Å²) in [5.41, 5.74) is 0. The van der Waals surface area contributed by atoms with Gasteiger partial charge >= 0.3 is 12.3 Å². The van der Waals surface area contributed by atoms with Crippen LogP contribution in [0.15, 0.2) is 0 Å². The summed E-state index contributed by atoms with van der Waals surface area (Å²) >= 11 is 5.26. The van der Waals surface area contributed by atoms with E-state index in [2.05, 4.69) is 0 Å². The highest BCUT2D eigenvalue weighted by atomic mass is 35.5. The van der Waals surface area contributed by atoms with Crippen LogP contribution in [0, 0.1) is 0 Å². The van der Waals surface area contributed by atoms with E-state index >= 15 is 0 Å². The number of carbonyl (C=O) groups excluding carboxylic acids is 2. The van der Waals surface area contributed by atoms with Gasteiger partial charge < -0.3 is 4.90 Å². The third kappa shape index (κ3) is 2.70. The molecular formula is C9H10ClF4NO2. The van der Waals surface area contributed by atoms with Gasteiger partial charge in [-0.2, -0.15) is 8.78 Å². The number of likely N-dealkylation sites (tertiary alicyclic amines) is 1. The molecule has 0 saturated carbocycles. The quantitative estimate of drug-likeness (QED) is 0.578. The molecule has 17 heavy (non-hydrogen) atoms. The van der Waals surface area contributed by atoms with Crippen LogP contribution in [0.25, 0.3) is 0 Å². The zero-order valence-corrected chi connectivity index (χ0v) is 9.39. The van der Waals surface area contributed by atoms with Gasteiger partial charge in [0.15, 0.2) is 5.78 Å². The molecule has 98 valence electrons. The minimum Gasteiger partial charge on any atom is -0.327 e. The Morgan fingerprint density at radius 2 is 2.00 bits per heavy atom. The Morgan fingerprint density at radius 3 is 2.47 bits per heavy atom. The highest BCUT2D eigenvalue weighted by molar-refractivity contribution is 6.28. The molecular weight excluding hydrogens is 266 g/mol. The lowest BCUT2D eigenvalue weighted by Gasteiger charge is -2.26. The second-order valence-electron chi connectivity index (χ2n) is 3.68. The Bertz CT molecular complexity index is 324. The molecule has 0 aromatic heterocycles. The molecule has 1 heterocycles. The Balaban J connectivity index is 2.85. The Hall–Kier alpha value is -0.850. The fourth-order valence-electron chi connectivity index (χ4n) is 1.72. The number of carbonyl (C=O) groups is 2. The highest BCUT2D eigenvalue weighted by Crippen LogP contribution is 2.29. The Kier molecular flexibility index (Phi) is 4.35. The molecule has 1 unspecified atom stereocenters. The molecule has 1 saturated heterocycles. The van der Waals surface area contributed by atoms with Gasteiger partial charge in [0, 0.05) is 6.54 Å². The summed E-state index contributed by atoms with van der Waals surface area (Å²) in [6.45, 7) is -0.131. The molecule has 0 bridgehead atoms. The van der Waals surface area contributed by atoms with Gasteiger partial charge in [0.1, 0.15) is 0 Å². The predicted octanol–water partition coefficient (Wildman–Crippen LogP) is 1.69. The fraction of sp³-hybridized carbons (Fsp3) is 0.778. The zero-order chi connectivity index (χ0) is 13.2. The molecule has 1 fully saturated rings. The number of halogens is 5. The number of amides is 1. The monoisotopic (exact) mass is 275 g/mol. The lowest BCUT2D eigenvalue weighted by Crippen LogP contribution is -2.51. The number of rotatable bonds is 4. The average molecular weight is 276 g/mol. The molecule has 0 aliphatic carbocycles. The molecule has 1 amide bonds. The summed E-state index contributed by atoms with van der Waals surface area (Å²) < 4.78 is 49.7. The van der Waals surface area contributed by atoms with Gasteiger partial charge in [-0.05, 0) is 12.8 Å². The first kappa shape index (κ1) is 14.2. The SMILES string of the molecule is O=C(CCl)C1CCCN1C(=O)C(F)(F)C(F)F. The molecule has 1 aliphatic rings. The van der Waals surface area contributed by atoms with Gasteiger partial charge in [0.05, 0.1) is 11.9 Å². The summed E-state index contributed by atoms with van der Waals surface area (Å²) in [4.78, 5) is 23.0. The van der Waals surface area contributed by atoms with Crippen LogP contribution < -0.4 is 0 Å². The van der Waals surface area contributed by atoms with E-state index in [0.29, 0.717) is 11.3 Å². The fourth-order valence-corrected chi connectivity index (χ4v) is 1.90. The molecule has 0 aromatic rings. The van der Waals surface area contributed by atoms with E-state index < -0.39 is 36.0 Å². The lowest BCUT2D eigenvalue weighted by molar-refractivity contribution is -0.181. The van der Waals surface area contributed by atoms with Gasteiger partial charge in [0.2, 0.25) is 0 Å². The van der Waals surface area contributed by atoms with Crippen LogP contribution in [0.3, 0.4) is 0 Å². The van der Waals surface area contributed by atoms with Crippen LogP contribution in [-0.2, 0) is 9.59 Å². The number of alkyl halides is 5. The number of nitrogens with zero attached hydrogens (tertiary/aromatic N) is 1. The van der Waals surface area contributed by atoms with Crippen molar-refractivity contribution in [3.8, 4) is 0 Å². The lowest BCUT2D eigenvalue weighted by atomic mass is 10.1. The largest absolute Gasteiger partial charge is 0.383 e. The van der Waals surface area contributed by atoms with E-state index in [9.17, 15) is 27.2 Å². The first-order valence-corrected chi connectivity index (χ1v) is 5.41. The number of ketones is 1. The summed E-state index contributed by atoms with van der Waals surface area (Å²) in [7, 11) is 0. The predicted molar refractivity (Wildman–Crippen MR) is 51.4 cm³/mol. The third-order valence-electron chi connectivity index (χ3n) is 2.58. The zero-order valence-electron chi connectivity index (χ0n) is 8.64. The molecule has 3 nitrogen and oxygen atoms in total. The van der Waals surface area contributed by atoms with Crippen molar-refractivity contribution in [3.63, 3.8) is 0 Å². The number of Topliss-reactive ketones (excluding diaryl/α,β-unsaturated/α-hetero) is 1. The molecule has 8 heteroatoms. The molecule has 0 radical (unpaired) electrons. The highest BCUT2D eigenvalue weighted by Gasteiger charge is 2.53. The smallest absolute Gasteiger partial charge is 0.327 e. The number of hydrogen-bond donors (Lipinski definition) is 0. The molecule has 0 spiro atoms. The van der Waals surface area contributed by atoms with Gasteiger partial charge in [-0.15, -0.1) is 11.6 Å². The Labute approximate surface area is 99.7 Å². The number of hydrogen-bond acceptors (Lipinski definition) is 2. The van der Waals surface area contributed by atoms with Crippen molar-refractivity contribution in [3.05, 3.63) is 0 Å². The Morgan fingerprint density at radius 1 is 1.41 bits per heavy atom. The topological polar surface area (TPSA) is 37.4 Å². The van der Waals surface area contributed by atoms with Gasteiger partial charge in [0.25, 0.3) is 5.91 Å². The van der Waals surface area contributed by atoms with Crippen molar-refractivity contribution in [1.82, 2.24) is 4.90 Å². The maximum atomic E-state index is 12.8. The van der Waals surface area contributed by atoms with Crippen molar-refractivity contribution in [2.45, 2.75) is 31.2 Å². The van der Waals surface area contributed by atoms with Crippen LogP contribution >= 0.6 is 11.6 Å². The van der Waals surface area contributed by atoms with Crippen molar-refractivity contribution in [2.24, 2.45) is 0 Å². The molecule has 1 rings (SSSR count). The molecule has 0 aromatic carbocycles. The van der Waals surface area contributed by atoms with Crippen LogP contribution in [0.5, 0.6) is 0 Å². The minimum absolute atomic E-state index is 0.131. The van der Waals surface area contributed by atoms with Crippen molar-refractivity contribution in [1.29, 1.82) is 0 Å². The van der Waals surface area contributed by atoms with E-state index in [1.54, 1.807) is 0 Å². The van der Waals surface area contributed by atoms with Crippen molar-refractivity contribution < 1.29 is 27.2 Å². The average Bonchev–Trinajstić information content (AvgIpc) is 2.75. The summed E-state index contributed by atoms with van der Waals surface area (Å²) in [6.07, 6.45) is -3.59. The van der Waals surface area contributed by atoms with Crippen LogP contribution in [0.2, 0.25) is 0 Å². The summed E-state index contributed by atoms with van der Waals surface area (Å²) in [6, 6.07) is -1.11. The summed E-state index contributed by atoms with van der Waals surface area (Å²) in [5.74, 6) is -7.81. The van der Waals surface area contributed by atoms with Crippen molar-refractivity contribution in [2.75, 3.05) is 12.4 Å². The maximum Gasteiger partial charge on any atom is 0.383 e. The van der Waals surface area contributed by atoms with Gasteiger partial charge in [-0.3, -0.25) is 9.59 Å². The van der Waals surface area contributed by atoms with Gasteiger partial charge in [-0.25, -0.2) is 8.78 Å². The van der Waals surface area contributed by atoms with Crippen LogP contribution in [0.1, 0.15) is 12.8 Å². The van der Waals surface area contributed by atoms with E-state index in [1.807, 2.05) is 0 Å². The minimum atomic E-state index is -4.75. The molecule has 1 atom stereocenters. The second-order valence-corrected chi connectivity index (χ2v) is 3.95. The van der Waals surface area contributed by atoms with E-state index in [0.717, 1.165) is 0 Å². The standard InChI is InChI=1S/C9H10ClF4NO2/c10-4-6(16)5-2-1-3-15(5)8(17)9(13,14)7(11)12/h5,7H,1-4H2. The van der Waals surface area contributed by atoms with Crippen LogP contribution in [0.4, 0.5) is 17.6 Å². The third-order valence-corrected chi connectivity index (χ3v) is 2.84. The maximum absolute atomic E-state index is 12.8. The molecule has 1 aliphatic heterocycles. The first-order valence-electron chi connectivity index (χ1n) is 4.88. The van der Waals surface area contributed by atoms with E-state index in [-0.39, 0.29) is 13.0 Å². The van der Waals surface area contributed by atoms with Crippen LogP contribution in [-0.4, -0.2) is 47.4 Å². The second kappa shape index (κ2) is 5.20. The van der Waals surface area contributed by atoms with Crippen molar-refractivity contribution >= 4 is 23.3 Å². The first-order chi connectivity index (χ1) is 7.82. The molecule has 0 N–H and O–H groups in total. The van der Waals surface area contributed by atoms with E-state index in [4.69, 9.17) is 11.6 Å².